The van der Waals surface area contributed by atoms with Crippen LogP contribution in [0.4, 0.5) is 11.4 Å². The zero-order chi connectivity index (χ0) is 15.5. The van der Waals surface area contributed by atoms with Gasteiger partial charge in [-0.25, -0.2) is 0 Å². The summed E-state index contributed by atoms with van der Waals surface area (Å²) in [6.45, 7) is 6.41. The van der Waals surface area contributed by atoms with Gasteiger partial charge in [-0.1, -0.05) is 0 Å². The van der Waals surface area contributed by atoms with Gasteiger partial charge in [0, 0.05) is 32.3 Å². The summed E-state index contributed by atoms with van der Waals surface area (Å²) in [5.74, 6) is -0.0869. The second kappa shape index (κ2) is 6.35. The topological polar surface area (TPSA) is 67.6 Å². The van der Waals surface area contributed by atoms with E-state index in [-0.39, 0.29) is 11.5 Å². The van der Waals surface area contributed by atoms with Crippen LogP contribution in [0.5, 0.6) is 0 Å². The molecule has 0 radical (unpaired) electrons. The Labute approximate surface area is 126 Å². The Balaban J connectivity index is 2.19. The summed E-state index contributed by atoms with van der Waals surface area (Å²) in [4.78, 5) is 14.1. The van der Waals surface area contributed by atoms with Gasteiger partial charge in [0.15, 0.2) is 0 Å². The van der Waals surface area contributed by atoms with Gasteiger partial charge in [0.1, 0.15) is 0 Å². The van der Waals surface area contributed by atoms with E-state index in [2.05, 4.69) is 17.1 Å². The van der Waals surface area contributed by atoms with E-state index >= 15 is 0 Å². The molecule has 1 heterocycles. The molecule has 0 bridgehead atoms. The number of benzene rings is 1. The zero-order valence-electron chi connectivity index (χ0n) is 13.1. The Morgan fingerprint density at radius 3 is 2.90 bits per heavy atom. The van der Waals surface area contributed by atoms with E-state index in [4.69, 9.17) is 10.5 Å². The number of carbonyl (C=O) groups excluding carboxylic acids is 1. The number of hydrogen-bond acceptors (Lipinski definition) is 4. The lowest BCUT2D eigenvalue weighted by Crippen LogP contribution is -2.47. The van der Waals surface area contributed by atoms with Gasteiger partial charge >= 0.3 is 0 Å². The number of methoxy groups -OCH3 is 1. The highest BCUT2D eigenvalue weighted by atomic mass is 16.5. The number of ether oxygens (including phenoxy) is 1. The predicted molar refractivity (Wildman–Crippen MR) is 85.7 cm³/mol. The van der Waals surface area contributed by atoms with Crippen molar-refractivity contribution >= 4 is 17.3 Å². The fraction of sp³-hybridized carbons (Fsp3) is 0.562. The van der Waals surface area contributed by atoms with Crippen molar-refractivity contribution in [3.8, 4) is 0 Å². The number of rotatable bonds is 4. The summed E-state index contributed by atoms with van der Waals surface area (Å²) < 4.78 is 5.62. The molecular formula is C16H25N3O2. The number of nitrogens with zero attached hydrogens (tertiary/aromatic N) is 1. The molecule has 1 fully saturated rings. The third kappa shape index (κ3) is 3.47. The van der Waals surface area contributed by atoms with Crippen molar-refractivity contribution in [2.75, 3.05) is 37.4 Å². The quantitative estimate of drug-likeness (QED) is 0.833. The van der Waals surface area contributed by atoms with E-state index in [9.17, 15) is 4.79 Å². The molecule has 1 aliphatic rings. The highest BCUT2D eigenvalue weighted by molar-refractivity contribution is 5.96. The summed E-state index contributed by atoms with van der Waals surface area (Å²) in [5.41, 5.74) is 8.24. The second-order valence-corrected chi connectivity index (χ2v) is 5.81. The van der Waals surface area contributed by atoms with E-state index in [1.165, 1.54) is 0 Å². The third-order valence-electron chi connectivity index (χ3n) is 4.12. The molecule has 1 atom stereocenters. The Hall–Kier alpha value is -1.75. The molecule has 5 nitrogen and oxygen atoms in total. The fourth-order valence-corrected chi connectivity index (χ4v) is 2.82. The van der Waals surface area contributed by atoms with E-state index < -0.39 is 0 Å². The lowest BCUT2D eigenvalue weighted by Gasteiger charge is -2.41. The minimum atomic E-state index is -0.136. The van der Waals surface area contributed by atoms with Crippen LogP contribution >= 0.6 is 0 Å². The van der Waals surface area contributed by atoms with Crippen LogP contribution in [0.15, 0.2) is 18.2 Å². The highest BCUT2D eigenvalue weighted by Gasteiger charge is 2.31. The van der Waals surface area contributed by atoms with Gasteiger partial charge in [-0.15, -0.1) is 0 Å². The third-order valence-corrected chi connectivity index (χ3v) is 4.12. The monoisotopic (exact) mass is 291 g/mol. The van der Waals surface area contributed by atoms with Crippen LogP contribution in [-0.2, 0) is 4.74 Å². The molecule has 0 aromatic heterocycles. The number of hydrogen-bond donors (Lipinski definition) is 2. The SMILES string of the molecule is CCNC(=O)c1ccc(N2CCCC(C)(OC)C2)c(N)c1. The largest absolute Gasteiger partial charge is 0.397 e. The summed E-state index contributed by atoms with van der Waals surface area (Å²) in [6.07, 6.45) is 2.12. The molecule has 1 amide bonds. The Bertz CT molecular complexity index is 518. The van der Waals surface area contributed by atoms with E-state index in [0.29, 0.717) is 17.8 Å². The van der Waals surface area contributed by atoms with Crippen molar-refractivity contribution in [2.45, 2.75) is 32.3 Å². The van der Waals surface area contributed by atoms with Crippen LogP contribution in [0.25, 0.3) is 0 Å². The van der Waals surface area contributed by atoms with Gasteiger partial charge < -0.3 is 20.7 Å². The molecular weight excluding hydrogens is 266 g/mol. The van der Waals surface area contributed by atoms with Crippen LogP contribution in [-0.4, -0.2) is 38.3 Å². The first-order chi connectivity index (χ1) is 9.99. The number of nitrogens with one attached hydrogen (secondary N) is 1. The predicted octanol–water partition coefficient (Wildman–Crippen LogP) is 2.02. The molecule has 1 saturated heterocycles. The van der Waals surface area contributed by atoms with Crippen molar-refractivity contribution in [1.29, 1.82) is 0 Å². The van der Waals surface area contributed by atoms with E-state index in [1.807, 2.05) is 19.1 Å². The molecule has 2 rings (SSSR count). The molecule has 1 aromatic rings. The molecule has 3 N–H and O–H groups in total. The first-order valence-corrected chi connectivity index (χ1v) is 7.47. The minimum absolute atomic E-state index is 0.0869. The summed E-state index contributed by atoms with van der Waals surface area (Å²) in [5, 5.41) is 2.78. The van der Waals surface area contributed by atoms with Crippen molar-refractivity contribution < 1.29 is 9.53 Å². The van der Waals surface area contributed by atoms with E-state index in [1.54, 1.807) is 13.2 Å². The molecule has 1 aliphatic heterocycles. The minimum Gasteiger partial charge on any atom is -0.397 e. The highest BCUT2D eigenvalue weighted by Crippen LogP contribution is 2.31. The molecule has 0 aliphatic carbocycles. The molecule has 1 aromatic carbocycles. The van der Waals surface area contributed by atoms with Gasteiger partial charge in [-0.3, -0.25) is 4.79 Å². The fourth-order valence-electron chi connectivity index (χ4n) is 2.82. The van der Waals surface area contributed by atoms with Crippen LogP contribution < -0.4 is 16.0 Å². The average molecular weight is 291 g/mol. The molecule has 0 spiro atoms. The maximum absolute atomic E-state index is 11.8. The van der Waals surface area contributed by atoms with Crippen LogP contribution in [0.2, 0.25) is 0 Å². The van der Waals surface area contributed by atoms with Gasteiger partial charge in [0.05, 0.1) is 17.0 Å². The van der Waals surface area contributed by atoms with Gasteiger partial charge in [0.25, 0.3) is 5.91 Å². The zero-order valence-corrected chi connectivity index (χ0v) is 13.1. The summed E-state index contributed by atoms with van der Waals surface area (Å²) in [7, 11) is 1.76. The maximum Gasteiger partial charge on any atom is 0.251 e. The Morgan fingerprint density at radius 2 is 2.29 bits per heavy atom. The number of piperidine rings is 1. The van der Waals surface area contributed by atoms with Crippen molar-refractivity contribution in [3.63, 3.8) is 0 Å². The molecule has 0 saturated carbocycles. The first kappa shape index (κ1) is 15.6. The molecule has 21 heavy (non-hydrogen) atoms. The smallest absolute Gasteiger partial charge is 0.251 e. The van der Waals surface area contributed by atoms with E-state index in [0.717, 1.165) is 31.6 Å². The average Bonchev–Trinajstić information content (AvgIpc) is 2.47. The maximum atomic E-state index is 11.8. The summed E-state index contributed by atoms with van der Waals surface area (Å²) >= 11 is 0. The number of nitrogen functional groups attached to an aromatic ring is 1. The van der Waals surface area contributed by atoms with Gasteiger partial charge in [-0.2, -0.15) is 0 Å². The van der Waals surface area contributed by atoms with Gasteiger partial charge in [0.2, 0.25) is 0 Å². The van der Waals surface area contributed by atoms with Crippen molar-refractivity contribution in [2.24, 2.45) is 0 Å². The standard InChI is InChI=1S/C16H25N3O2/c1-4-18-15(20)12-6-7-14(13(17)10-12)19-9-5-8-16(2,11-19)21-3/h6-7,10H,4-5,8-9,11,17H2,1-3H3,(H,18,20). The number of amides is 1. The van der Waals surface area contributed by atoms with Crippen molar-refractivity contribution in [1.82, 2.24) is 5.32 Å². The Kier molecular flexibility index (Phi) is 4.73. The van der Waals surface area contributed by atoms with Crippen LogP contribution in [0.3, 0.4) is 0 Å². The van der Waals surface area contributed by atoms with Gasteiger partial charge in [-0.05, 0) is 44.9 Å². The lowest BCUT2D eigenvalue weighted by atomic mass is 9.94. The second-order valence-electron chi connectivity index (χ2n) is 5.81. The van der Waals surface area contributed by atoms with Crippen molar-refractivity contribution in [3.05, 3.63) is 23.8 Å². The lowest BCUT2D eigenvalue weighted by molar-refractivity contribution is -0.00462. The number of carbonyl (C=O) groups is 1. The summed E-state index contributed by atoms with van der Waals surface area (Å²) in [6, 6.07) is 5.51. The molecule has 1 unspecified atom stereocenters. The molecule has 116 valence electrons. The van der Waals surface area contributed by atoms with Crippen LogP contribution in [0.1, 0.15) is 37.0 Å². The molecule has 5 heteroatoms. The Morgan fingerprint density at radius 1 is 1.52 bits per heavy atom. The number of nitrogens with two attached hydrogens (primary N) is 1. The first-order valence-electron chi connectivity index (χ1n) is 7.47. The van der Waals surface area contributed by atoms with Crippen LogP contribution in [0, 0.1) is 0 Å². The number of anilines is 2. The normalized spacial score (nSPS) is 22.1.